The predicted molar refractivity (Wildman–Crippen MR) is 244 cm³/mol. The molecule has 15 nitrogen and oxygen atoms in total. The van der Waals surface area contributed by atoms with E-state index < -0.39 is 155 Å². The van der Waals surface area contributed by atoms with Gasteiger partial charge in [0.05, 0.1) is 40.5 Å². The van der Waals surface area contributed by atoms with Crippen molar-refractivity contribution in [2.24, 2.45) is 5.92 Å². The highest BCUT2D eigenvalue weighted by Gasteiger charge is 2.68. The number of rotatable bonds is 13. The fourth-order valence-corrected chi connectivity index (χ4v) is 10.3. The van der Waals surface area contributed by atoms with E-state index in [1.54, 1.807) is 4.90 Å². The molecule has 2 N–H and O–H groups in total. The number of carbonyl (C=O) groups excluding carboxylic acids is 2. The first-order valence-electron chi connectivity index (χ1n) is 22.0. The second-order valence-electron chi connectivity index (χ2n) is 18.5. The highest BCUT2D eigenvalue weighted by atomic mass is 35.5. The smallest absolute Gasteiger partial charge is 0.346 e. The predicted octanol–water partition coefficient (Wildman–Crippen LogP) is 6.49. The van der Waals surface area contributed by atoms with Gasteiger partial charge in [0.1, 0.15) is 40.9 Å². The van der Waals surface area contributed by atoms with E-state index in [9.17, 15) is 61.5 Å². The minimum Gasteiger partial charge on any atom is -0.346 e. The van der Waals surface area contributed by atoms with Crippen molar-refractivity contribution < 1.29 is 70.3 Å². The van der Waals surface area contributed by atoms with Crippen molar-refractivity contribution >= 4 is 60.0 Å². The Hall–Kier alpha value is -5.82. The highest BCUT2D eigenvalue weighted by Crippen LogP contribution is 2.68. The first kappa shape index (κ1) is 53.5. The molecule has 8 rings (SSSR count). The van der Waals surface area contributed by atoms with Gasteiger partial charge in [-0.2, -0.15) is 49.6 Å². The number of benzene rings is 2. The number of sulfonamides is 1. The van der Waals surface area contributed by atoms with E-state index in [4.69, 9.17) is 11.6 Å². The Balaban J connectivity index is 1.35. The number of pyridine rings is 1. The maximum absolute atomic E-state index is 15.6. The molecule has 1 saturated carbocycles. The summed E-state index contributed by atoms with van der Waals surface area (Å²) in [5, 5.41) is 12.0. The van der Waals surface area contributed by atoms with Crippen LogP contribution in [-0.2, 0) is 61.1 Å². The number of halogens is 11. The van der Waals surface area contributed by atoms with Crippen LogP contribution in [0.15, 0.2) is 42.5 Å². The molecule has 3 aromatic heterocycles. The van der Waals surface area contributed by atoms with Gasteiger partial charge in [0.25, 0.3) is 11.8 Å². The Labute approximate surface area is 415 Å². The van der Waals surface area contributed by atoms with Crippen LogP contribution in [0.3, 0.4) is 0 Å². The number of anilines is 1. The zero-order valence-corrected chi connectivity index (χ0v) is 41.1. The van der Waals surface area contributed by atoms with Crippen molar-refractivity contribution in [3.63, 3.8) is 0 Å². The van der Waals surface area contributed by atoms with Gasteiger partial charge in [-0.1, -0.05) is 23.6 Å². The van der Waals surface area contributed by atoms with Crippen molar-refractivity contribution in [2.75, 3.05) is 49.5 Å². The lowest BCUT2D eigenvalue weighted by molar-refractivity contribution is -0.143. The molecule has 3 atom stereocenters. The molecule has 0 bridgehead atoms. The van der Waals surface area contributed by atoms with Crippen molar-refractivity contribution in [3.05, 3.63) is 93.0 Å². The maximum atomic E-state index is 15.6. The summed E-state index contributed by atoms with van der Waals surface area (Å²) >= 11 is 6.70. The van der Waals surface area contributed by atoms with Crippen LogP contribution >= 0.6 is 11.6 Å². The summed E-state index contributed by atoms with van der Waals surface area (Å²) in [6.45, 7) is 0.212. The number of hydrogen-bond donors (Lipinski definition) is 2. The van der Waals surface area contributed by atoms with Gasteiger partial charge in [-0.15, -0.1) is 0 Å². The lowest BCUT2D eigenvalue weighted by atomic mass is 9.93. The standard InChI is InChI=1S/C45H42ClF10N9O6S2/c1-42(2,72(3,68)69)10-9-26-5-6-27(28-7-8-31(46)36-38(28)64(22-43(49,50)51)61-41(36)65(73(4,70)71)34(67)21-62-13-11-57-12-14-62)37(58-26)32(17-23-15-24(47)18-25(48)16-23)59-33(66)20-63-40-35(39(60-63)45(54,55)56)29-19-30(29)44(40,52)53/h5-8,15-16,18,29-30,32,57H,11-14,17,19-22H2,1-4H3,(H,59,66)/t29-,30+,32?/m0/s1. The van der Waals surface area contributed by atoms with Crippen LogP contribution in [0.4, 0.5) is 49.7 Å². The fourth-order valence-electron chi connectivity index (χ4n) is 8.98. The third-order valence-corrected chi connectivity index (χ3v) is 15.9. The Morgan fingerprint density at radius 1 is 0.932 bits per heavy atom. The molecule has 1 aliphatic heterocycles. The zero-order chi connectivity index (χ0) is 53.5. The number of alkyl halides is 8. The van der Waals surface area contributed by atoms with E-state index in [1.807, 2.05) is 0 Å². The van der Waals surface area contributed by atoms with Gasteiger partial charge >= 0.3 is 12.4 Å². The SMILES string of the molecule is CC(C)(C#Cc1ccc(-c2ccc(Cl)c3c(N(C(=O)CN4CCNCC4)S(C)(=O)=O)nn(CC(F)(F)F)c23)c(C(Cc2cc(F)cc(F)c2)NC(=O)Cn2nc(C(F)(F)F)c3c2C(F)(F)[C@@H]2C[C@H]32)n1)S(C)(=O)=O. The lowest BCUT2D eigenvalue weighted by Crippen LogP contribution is -2.49. The van der Waals surface area contributed by atoms with E-state index in [0.29, 0.717) is 43.2 Å². The number of nitrogens with one attached hydrogen (secondary N) is 2. The average molecular weight is 1090 g/mol. The molecule has 4 heterocycles. The fraction of sp³-hybridized carbons (Fsp3) is 0.444. The van der Waals surface area contributed by atoms with E-state index in [2.05, 4.69) is 37.7 Å². The quantitative estimate of drug-likeness (QED) is 0.0972. The van der Waals surface area contributed by atoms with Crippen LogP contribution in [0.1, 0.15) is 66.1 Å². The second kappa shape index (κ2) is 18.8. The molecular weight excluding hydrogens is 1050 g/mol. The topological polar surface area (TPSA) is 181 Å². The number of fused-ring (bicyclic) bond motifs is 4. The number of nitrogens with zero attached hydrogens (tertiary/aromatic N) is 7. The summed E-state index contributed by atoms with van der Waals surface area (Å²) in [6, 6.07) is 5.00. The van der Waals surface area contributed by atoms with Gasteiger partial charge in [0.15, 0.2) is 21.3 Å². The molecule has 3 aliphatic rings. The molecule has 1 unspecified atom stereocenters. The number of hydrogen-bond acceptors (Lipinski definition) is 11. The van der Waals surface area contributed by atoms with Crippen molar-refractivity contribution in [3.8, 4) is 23.0 Å². The van der Waals surface area contributed by atoms with Gasteiger partial charge < -0.3 is 10.6 Å². The van der Waals surface area contributed by atoms with E-state index in [-0.39, 0.29) is 37.8 Å². The van der Waals surface area contributed by atoms with Gasteiger partial charge in [-0.05, 0) is 74.4 Å². The number of aromatic nitrogens is 5. The Bertz CT molecular complexity index is 3340. The molecule has 392 valence electrons. The van der Waals surface area contributed by atoms with Crippen LogP contribution in [0.25, 0.3) is 22.0 Å². The van der Waals surface area contributed by atoms with Crippen LogP contribution in [-0.4, -0.2) is 114 Å². The van der Waals surface area contributed by atoms with Crippen LogP contribution in [0.5, 0.6) is 0 Å². The number of carbonyl (C=O) groups is 2. The Morgan fingerprint density at radius 3 is 2.18 bits per heavy atom. The lowest BCUT2D eigenvalue weighted by Gasteiger charge is -2.28. The molecule has 73 heavy (non-hydrogen) atoms. The largest absolute Gasteiger partial charge is 0.435 e. The third kappa shape index (κ3) is 10.9. The molecule has 1 saturated heterocycles. The first-order chi connectivity index (χ1) is 33.7. The molecular formula is C45H42ClF10N9O6S2. The summed E-state index contributed by atoms with van der Waals surface area (Å²) in [4.78, 5) is 34.3. The minimum absolute atomic E-state index is 0.207. The number of piperazine rings is 1. The van der Waals surface area contributed by atoms with E-state index in [0.717, 1.165) is 30.5 Å². The average Bonchev–Trinajstić information content (AvgIpc) is 3.77. The highest BCUT2D eigenvalue weighted by molar-refractivity contribution is 7.93. The summed E-state index contributed by atoms with van der Waals surface area (Å²) in [7, 11) is -8.61. The molecule has 2 amide bonds. The maximum Gasteiger partial charge on any atom is 0.435 e. The molecule has 28 heteroatoms. The molecule has 2 aliphatic carbocycles. The second-order valence-corrected chi connectivity index (χ2v) is 23.3. The number of sulfone groups is 1. The monoisotopic (exact) mass is 1090 g/mol. The van der Waals surface area contributed by atoms with Crippen molar-refractivity contribution in [2.45, 2.75) is 74.8 Å². The first-order valence-corrected chi connectivity index (χ1v) is 26.1. The van der Waals surface area contributed by atoms with E-state index >= 15 is 8.78 Å². The summed E-state index contributed by atoms with van der Waals surface area (Å²) in [6.07, 6.45) is -9.75. The zero-order valence-electron chi connectivity index (χ0n) is 38.7. The number of amides is 2. The van der Waals surface area contributed by atoms with E-state index in [1.165, 1.54) is 26.0 Å². The van der Waals surface area contributed by atoms with Gasteiger partial charge in [-0.3, -0.25) is 23.9 Å². The van der Waals surface area contributed by atoms with Gasteiger partial charge in [0, 0.05) is 61.1 Å². The van der Waals surface area contributed by atoms with Crippen LogP contribution < -0.4 is 14.9 Å². The summed E-state index contributed by atoms with van der Waals surface area (Å²) < 4.78 is 199. The van der Waals surface area contributed by atoms with Crippen LogP contribution in [0.2, 0.25) is 5.02 Å². The Kier molecular flexibility index (Phi) is 13.8. The minimum atomic E-state index is -5.21. The third-order valence-electron chi connectivity index (χ3n) is 12.6. The van der Waals surface area contributed by atoms with Crippen molar-refractivity contribution in [1.82, 2.24) is 40.1 Å². The van der Waals surface area contributed by atoms with Crippen LogP contribution in [0, 0.1) is 29.4 Å². The summed E-state index contributed by atoms with van der Waals surface area (Å²) in [5.74, 6) is -6.89. The Morgan fingerprint density at radius 2 is 1.58 bits per heavy atom. The molecule has 0 radical (unpaired) electrons. The van der Waals surface area contributed by atoms with Gasteiger partial charge in [0.2, 0.25) is 15.9 Å². The normalized spacial score (nSPS) is 18.5. The molecule has 2 aromatic carbocycles. The molecule has 2 fully saturated rings. The summed E-state index contributed by atoms with van der Waals surface area (Å²) in [5.41, 5.74) is -5.63. The van der Waals surface area contributed by atoms with Crippen molar-refractivity contribution in [1.29, 1.82) is 0 Å². The van der Waals surface area contributed by atoms with Gasteiger partial charge in [-0.25, -0.2) is 30.6 Å². The molecule has 5 aromatic rings. The molecule has 0 spiro atoms.